The van der Waals surface area contributed by atoms with Gasteiger partial charge in [0.2, 0.25) is 5.91 Å². The normalized spacial score (nSPS) is 29.9. The second-order valence-corrected chi connectivity index (χ2v) is 9.80. The van der Waals surface area contributed by atoms with Gasteiger partial charge in [-0.3, -0.25) is 4.79 Å². The lowest BCUT2D eigenvalue weighted by Crippen LogP contribution is -2.38. The van der Waals surface area contributed by atoms with E-state index >= 15 is 0 Å². The molecule has 9 heteroatoms. The molecule has 1 heterocycles. The summed E-state index contributed by atoms with van der Waals surface area (Å²) in [5.41, 5.74) is -0.840. The number of carbonyl (C=O) groups is 2. The topological polar surface area (TPSA) is 67.4 Å². The summed E-state index contributed by atoms with van der Waals surface area (Å²) < 4.78 is 44.9. The first-order chi connectivity index (χ1) is 13.2. The molecule has 1 saturated heterocycles. The number of amides is 2. The number of nitrogens with one attached hydrogen (secondary N) is 2. The molecule has 1 aliphatic heterocycles. The van der Waals surface area contributed by atoms with Crippen molar-refractivity contribution in [3.05, 3.63) is 29.8 Å². The van der Waals surface area contributed by atoms with Gasteiger partial charge in [-0.15, -0.1) is 12.3 Å². The second kappa shape index (κ2) is 7.95. The molecule has 2 fully saturated rings. The number of alkyl halides is 3. The molecule has 1 aliphatic carbocycles. The van der Waals surface area contributed by atoms with E-state index in [-0.39, 0.29) is 34.4 Å². The fraction of sp³-hybridized carbons (Fsp3) is 0.474. The first kappa shape index (κ1) is 20.4. The number of hydrogen-bond donors (Lipinski definition) is 2. The molecule has 1 aromatic carbocycles. The Morgan fingerprint density at radius 1 is 1.29 bits per heavy atom. The summed E-state index contributed by atoms with van der Waals surface area (Å²) in [5.74, 6) is 2.42. The molecule has 0 bridgehead atoms. The first-order valence-corrected chi connectivity index (χ1v) is 10.8. The van der Waals surface area contributed by atoms with Gasteiger partial charge in [0.25, 0.3) is 0 Å². The standard InChI is InChI=1S/C19H21F3N2O3S/c1-2-13-6-8-15(9-7-13)24-18(26)27-28(11-17(25)23-12-28)16-5-3-4-14(10-16)19(20,21)22/h1,3-5,10,13,15H,6-9,11-12H2,(H,23,25)(H,24,26). The molecule has 1 unspecified atom stereocenters. The summed E-state index contributed by atoms with van der Waals surface area (Å²) in [6.45, 7) is 0. The molecular formula is C19H21F3N2O3S. The molecule has 1 atom stereocenters. The molecule has 28 heavy (non-hydrogen) atoms. The summed E-state index contributed by atoms with van der Waals surface area (Å²) >= 11 is 0. The van der Waals surface area contributed by atoms with Crippen LogP contribution in [0.25, 0.3) is 0 Å². The smallest absolute Gasteiger partial charge is 0.393 e. The zero-order chi connectivity index (χ0) is 20.4. The highest BCUT2D eigenvalue weighted by Crippen LogP contribution is 2.58. The SMILES string of the molecule is C#CC1CCC(NC(=O)OS2(c3cccc(C(F)(F)F)c3)CNC(=O)C2)CC1. The van der Waals surface area contributed by atoms with E-state index in [0.717, 1.165) is 25.0 Å². The third-order valence-electron chi connectivity index (χ3n) is 4.98. The lowest BCUT2D eigenvalue weighted by Gasteiger charge is -2.34. The average molecular weight is 414 g/mol. The van der Waals surface area contributed by atoms with E-state index in [1.807, 2.05) is 0 Å². The van der Waals surface area contributed by atoms with Crippen LogP contribution in [0.5, 0.6) is 0 Å². The van der Waals surface area contributed by atoms with E-state index in [1.54, 1.807) is 0 Å². The van der Waals surface area contributed by atoms with E-state index in [4.69, 9.17) is 10.6 Å². The van der Waals surface area contributed by atoms with E-state index in [9.17, 15) is 22.8 Å². The highest BCUT2D eigenvalue weighted by atomic mass is 32.3. The summed E-state index contributed by atoms with van der Waals surface area (Å²) in [7, 11) is -2.54. The lowest BCUT2D eigenvalue weighted by atomic mass is 9.87. The van der Waals surface area contributed by atoms with Crippen LogP contribution >= 0.6 is 10.3 Å². The summed E-state index contributed by atoms with van der Waals surface area (Å²) in [4.78, 5) is 24.5. The summed E-state index contributed by atoms with van der Waals surface area (Å²) in [6.07, 6.45) is 3.21. The maximum Gasteiger partial charge on any atom is 0.418 e. The quantitative estimate of drug-likeness (QED) is 0.740. The number of rotatable bonds is 3. The van der Waals surface area contributed by atoms with Crippen LogP contribution in [-0.2, 0) is 15.2 Å². The van der Waals surface area contributed by atoms with Crippen LogP contribution in [0.1, 0.15) is 31.2 Å². The van der Waals surface area contributed by atoms with Crippen molar-refractivity contribution in [3.8, 4) is 12.3 Å². The van der Waals surface area contributed by atoms with Crippen molar-refractivity contribution >= 4 is 22.3 Å². The second-order valence-electron chi connectivity index (χ2n) is 6.96. The molecule has 0 aromatic heterocycles. The number of carbonyl (C=O) groups excluding carboxylic acids is 2. The van der Waals surface area contributed by atoms with E-state index < -0.39 is 28.1 Å². The van der Waals surface area contributed by atoms with Gasteiger partial charge in [0, 0.05) is 16.9 Å². The molecule has 0 radical (unpaired) electrons. The monoisotopic (exact) mass is 414 g/mol. The molecule has 5 nitrogen and oxygen atoms in total. The van der Waals surface area contributed by atoms with Crippen molar-refractivity contribution < 1.29 is 26.9 Å². The molecule has 1 aromatic rings. The van der Waals surface area contributed by atoms with Gasteiger partial charge >= 0.3 is 12.3 Å². The number of terminal acetylenes is 1. The van der Waals surface area contributed by atoms with Crippen LogP contribution in [0.2, 0.25) is 0 Å². The maximum atomic E-state index is 13.1. The Hall–Kier alpha value is -2.34. The minimum atomic E-state index is -4.52. The maximum absolute atomic E-state index is 13.1. The Balaban J connectivity index is 1.75. The number of benzene rings is 1. The zero-order valence-corrected chi connectivity index (χ0v) is 15.9. The van der Waals surface area contributed by atoms with Gasteiger partial charge in [-0.05, 0) is 54.2 Å². The molecule has 2 N–H and O–H groups in total. The van der Waals surface area contributed by atoms with Crippen LogP contribution in [0, 0.1) is 18.3 Å². The van der Waals surface area contributed by atoms with Gasteiger partial charge in [-0.1, -0.05) is 6.07 Å². The Morgan fingerprint density at radius 2 is 2.00 bits per heavy atom. The van der Waals surface area contributed by atoms with Crippen molar-refractivity contribution in [2.45, 2.75) is 42.8 Å². The number of hydrogen-bond acceptors (Lipinski definition) is 3. The Labute approximate surface area is 162 Å². The number of halogens is 3. The molecule has 1 saturated carbocycles. The van der Waals surface area contributed by atoms with Crippen LogP contribution < -0.4 is 10.6 Å². The molecule has 3 rings (SSSR count). The van der Waals surface area contributed by atoms with Crippen molar-refractivity contribution in [1.82, 2.24) is 10.6 Å². The molecule has 2 aliphatic rings. The van der Waals surface area contributed by atoms with Gasteiger partial charge in [0.05, 0.1) is 17.2 Å². The lowest BCUT2D eigenvalue weighted by molar-refractivity contribution is -0.137. The molecule has 2 amide bonds. The summed E-state index contributed by atoms with van der Waals surface area (Å²) in [5, 5.41) is 5.35. The summed E-state index contributed by atoms with van der Waals surface area (Å²) in [6, 6.07) is 4.54. The average Bonchev–Trinajstić information content (AvgIpc) is 3.03. The van der Waals surface area contributed by atoms with Crippen molar-refractivity contribution in [1.29, 1.82) is 0 Å². The third kappa shape index (κ3) is 4.55. The predicted octanol–water partition coefficient (Wildman–Crippen LogP) is 3.79. The fourth-order valence-electron chi connectivity index (χ4n) is 3.43. The van der Waals surface area contributed by atoms with E-state index in [2.05, 4.69) is 16.6 Å². The van der Waals surface area contributed by atoms with Gasteiger partial charge in [0.15, 0.2) is 0 Å². The van der Waals surface area contributed by atoms with Crippen LogP contribution in [0.15, 0.2) is 29.2 Å². The Morgan fingerprint density at radius 3 is 2.57 bits per heavy atom. The molecule has 152 valence electrons. The van der Waals surface area contributed by atoms with Crippen LogP contribution in [0.3, 0.4) is 0 Å². The van der Waals surface area contributed by atoms with E-state index in [0.29, 0.717) is 12.8 Å². The van der Waals surface area contributed by atoms with Gasteiger partial charge in [0.1, 0.15) is 0 Å². The highest BCUT2D eigenvalue weighted by molar-refractivity contribution is 8.31. The van der Waals surface area contributed by atoms with Crippen LogP contribution in [0.4, 0.5) is 18.0 Å². The highest BCUT2D eigenvalue weighted by Gasteiger charge is 2.41. The third-order valence-corrected chi connectivity index (χ3v) is 7.90. The van der Waals surface area contributed by atoms with Gasteiger partial charge in [-0.2, -0.15) is 13.2 Å². The Bertz CT molecular complexity index is 800. The molecular weight excluding hydrogens is 393 g/mol. The van der Waals surface area contributed by atoms with Gasteiger partial charge in [-0.25, -0.2) is 4.79 Å². The van der Waals surface area contributed by atoms with Crippen molar-refractivity contribution in [2.24, 2.45) is 5.92 Å². The predicted molar refractivity (Wildman–Crippen MR) is 99.4 cm³/mol. The molecule has 0 spiro atoms. The zero-order valence-electron chi connectivity index (χ0n) is 15.1. The fourth-order valence-corrected chi connectivity index (χ4v) is 6.00. The Kier molecular flexibility index (Phi) is 5.79. The minimum Gasteiger partial charge on any atom is -0.393 e. The first-order valence-electron chi connectivity index (χ1n) is 8.90. The minimum absolute atomic E-state index is 0.00436. The van der Waals surface area contributed by atoms with Crippen molar-refractivity contribution in [2.75, 3.05) is 11.6 Å². The largest absolute Gasteiger partial charge is 0.418 e. The van der Waals surface area contributed by atoms with Crippen molar-refractivity contribution in [3.63, 3.8) is 0 Å². The van der Waals surface area contributed by atoms with Gasteiger partial charge < -0.3 is 14.8 Å². The van der Waals surface area contributed by atoms with Crippen LogP contribution in [-0.4, -0.2) is 29.7 Å². The van der Waals surface area contributed by atoms with E-state index in [1.165, 1.54) is 12.1 Å².